The topological polar surface area (TPSA) is 17.8 Å². The first kappa shape index (κ1) is 11.1. The molecule has 0 saturated carbocycles. The maximum Gasteiger partial charge on any atom is 0.128 e. The highest BCUT2D eigenvalue weighted by molar-refractivity contribution is 14.1. The fourth-order valence-electron chi connectivity index (χ4n) is 1.26. The minimum absolute atomic E-state index is 0.205. The van der Waals surface area contributed by atoms with Gasteiger partial charge in [0.2, 0.25) is 0 Å². The van der Waals surface area contributed by atoms with E-state index in [0.717, 1.165) is 8.17 Å². The molecule has 78 valence electrons. The maximum absolute atomic E-state index is 13.4. The number of nitrogens with zero attached hydrogens (tertiary/aromatic N) is 2. The van der Waals surface area contributed by atoms with Gasteiger partial charge in [0, 0.05) is 16.2 Å². The van der Waals surface area contributed by atoms with Crippen molar-refractivity contribution in [3.63, 3.8) is 0 Å². The van der Waals surface area contributed by atoms with Crippen LogP contribution in [0.3, 0.4) is 0 Å². The largest absolute Gasteiger partial charge is 0.267 e. The van der Waals surface area contributed by atoms with Crippen LogP contribution in [0.25, 0.3) is 0 Å². The molecule has 5 heteroatoms. The number of rotatable bonds is 2. The van der Waals surface area contributed by atoms with E-state index in [1.165, 1.54) is 6.07 Å². The molecule has 1 aromatic heterocycles. The van der Waals surface area contributed by atoms with Crippen molar-refractivity contribution in [2.75, 3.05) is 0 Å². The van der Waals surface area contributed by atoms with Gasteiger partial charge in [-0.15, -0.1) is 0 Å². The van der Waals surface area contributed by atoms with Gasteiger partial charge in [-0.1, -0.05) is 15.9 Å². The highest BCUT2D eigenvalue weighted by Gasteiger charge is 2.04. The molecule has 1 heterocycles. The van der Waals surface area contributed by atoms with Gasteiger partial charge in [-0.3, -0.25) is 4.68 Å². The van der Waals surface area contributed by atoms with E-state index in [1.54, 1.807) is 16.8 Å². The third kappa shape index (κ3) is 2.78. The van der Waals surface area contributed by atoms with E-state index in [-0.39, 0.29) is 5.82 Å². The Morgan fingerprint density at radius 3 is 2.87 bits per heavy atom. The van der Waals surface area contributed by atoms with Crippen molar-refractivity contribution in [3.8, 4) is 0 Å². The van der Waals surface area contributed by atoms with E-state index >= 15 is 0 Å². The van der Waals surface area contributed by atoms with Gasteiger partial charge in [0.25, 0.3) is 0 Å². The molecule has 2 nitrogen and oxygen atoms in total. The van der Waals surface area contributed by atoms with E-state index in [4.69, 9.17) is 0 Å². The first-order chi connectivity index (χ1) is 7.15. The van der Waals surface area contributed by atoms with Gasteiger partial charge in [0.1, 0.15) is 9.52 Å². The average molecular weight is 381 g/mol. The molecule has 2 aromatic rings. The van der Waals surface area contributed by atoms with Gasteiger partial charge in [-0.2, -0.15) is 5.10 Å². The summed E-state index contributed by atoms with van der Waals surface area (Å²) in [7, 11) is 0. The standard InChI is InChI=1S/C10H7BrFIN2/c11-8-1-2-9(12)7(5-8)6-15-4-3-10(13)14-15/h1-5H,6H2. The van der Waals surface area contributed by atoms with E-state index in [9.17, 15) is 4.39 Å². The van der Waals surface area contributed by atoms with Crippen LogP contribution < -0.4 is 0 Å². The van der Waals surface area contributed by atoms with Crippen molar-refractivity contribution < 1.29 is 4.39 Å². The molecule has 0 spiro atoms. The lowest BCUT2D eigenvalue weighted by molar-refractivity contribution is 0.583. The smallest absolute Gasteiger partial charge is 0.128 e. The molecule has 0 aliphatic rings. The number of aromatic nitrogens is 2. The van der Waals surface area contributed by atoms with Crippen LogP contribution in [0.4, 0.5) is 4.39 Å². The summed E-state index contributed by atoms with van der Waals surface area (Å²) in [5.74, 6) is -0.205. The SMILES string of the molecule is Fc1ccc(Br)cc1Cn1ccc(I)n1. The second kappa shape index (κ2) is 4.61. The Hall–Kier alpha value is -0.430. The molecule has 1 aromatic carbocycles. The van der Waals surface area contributed by atoms with Crippen LogP contribution in [-0.4, -0.2) is 9.78 Å². The van der Waals surface area contributed by atoms with Crippen LogP contribution >= 0.6 is 38.5 Å². The lowest BCUT2D eigenvalue weighted by Crippen LogP contribution is -2.02. The van der Waals surface area contributed by atoms with Crippen LogP contribution in [-0.2, 0) is 6.54 Å². The van der Waals surface area contributed by atoms with Crippen LogP contribution in [0.1, 0.15) is 5.56 Å². The number of hydrogen-bond donors (Lipinski definition) is 0. The van der Waals surface area contributed by atoms with Crippen molar-refractivity contribution in [1.82, 2.24) is 9.78 Å². The summed E-state index contributed by atoms with van der Waals surface area (Å²) < 4.78 is 16.9. The molecule has 0 atom stereocenters. The Kier molecular flexibility index (Phi) is 3.40. The monoisotopic (exact) mass is 380 g/mol. The summed E-state index contributed by atoms with van der Waals surface area (Å²) in [5, 5.41) is 4.20. The molecule has 0 fully saturated rings. The predicted octanol–water partition coefficient (Wildman–Crippen LogP) is 3.44. The van der Waals surface area contributed by atoms with Gasteiger partial charge in [-0.05, 0) is 46.9 Å². The van der Waals surface area contributed by atoms with E-state index < -0.39 is 0 Å². The van der Waals surface area contributed by atoms with Crippen molar-refractivity contribution in [1.29, 1.82) is 0 Å². The number of halogens is 3. The maximum atomic E-state index is 13.4. The number of benzene rings is 1. The highest BCUT2D eigenvalue weighted by Crippen LogP contribution is 2.16. The fraction of sp³-hybridized carbons (Fsp3) is 0.100. The summed E-state index contributed by atoms with van der Waals surface area (Å²) >= 11 is 5.44. The summed E-state index contributed by atoms with van der Waals surface area (Å²) in [6.45, 7) is 0.453. The molecule has 0 bridgehead atoms. The average Bonchev–Trinajstić information content (AvgIpc) is 2.58. The quantitative estimate of drug-likeness (QED) is 0.730. The Bertz CT molecular complexity index is 484. The molecule has 0 N–H and O–H groups in total. The minimum Gasteiger partial charge on any atom is -0.267 e. The first-order valence-electron chi connectivity index (χ1n) is 4.28. The molecular weight excluding hydrogens is 374 g/mol. The molecule has 0 amide bonds. The molecule has 15 heavy (non-hydrogen) atoms. The van der Waals surface area contributed by atoms with Gasteiger partial charge in [0.05, 0.1) is 6.54 Å². The zero-order chi connectivity index (χ0) is 10.8. The lowest BCUT2D eigenvalue weighted by Gasteiger charge is -2.04. The predicted molar refractivity (Wildman–Crippen MR) is 68.1 cm³/mol. The van der Waals surface area contributed by atoms with Crippen LogP contribution in [0.5, 0.6) is 0 Å². The van der Waals surface area contributed by atoms with E-state index in [0.29, 0.717) is 12.1 Å². The summed E-state index contributed by atoms with van der Waals surface area (Å²) in [6, 6.07) is 6.79. The highest BCUT2D eigenvalue weighted by atomic mass is 127. The van der Waals surface area contributed by atoms with Gasteiger partial charge < -0.3 is 0 Å². The Morgan fingerprint density at radius 2 is 2.20 bits per heavy atom. The van der Waals surface area contributed by atoms with Crippen molar-refractivity contribution in [2.24, 2.45) is 0 Å². The summed E-state index contributed by atoms with van der Waals surface area (Å²) in [5.41, 5.74) is 0.629. The normalized spacial score (nSPS) is 10.6. The van der Waals surface area contributed by atoms with Crippen molar-refractivity contribution in [2.45, 2.75) is 6.54 Å². The molecule has 0 saturated heterocycles. The van der Waals surface area contributed by atoms with Gasteiger partial charge >= 0.3 is 0 Å². The third-order valence-electron chi connectivity index (χ3n) is 1.95. The first-order valence-corrected chi connectivity index (χ1v) is 6.15. The Labute approximate surface area is 109 Å². The molecule has 0 aliphatic heterocycles. The molecule has 0 radical (unpaired) electrons. The second-order valence-corrected chi connectivity index (χ2v) is 5.09. The van der Waals surface area contributed by atoms with Gasteiger partial charge in [-0.25, -0.2) is 4.39 Å². The zero-order valence-corrected chi connectivity index (χ0v) is 11.4. The Balaban J connectivity index is 2.27. The van der Waals surface area contributed by atoms with Crippen LogP contribution in [0.2, 0.25) is 0 Å². The zero-order valence-electron chi connectivity index (χ0n) is 7.62. The third-order valence-corrected chi connectivity index (χ3v) is 3.02. The molecular formula is C10H7BrFIN2. The molecule has 2 rings (SSSR count). The van der Waals surface area contributed by atoms with Crippen molar-refractivity contribution >= 4 is 38.5 Å². The lowest BCUT2D eigenvalue weighted by atomic mass is 10.2. The number of hydrogen-bond acceptors (Lipinski definition) is 1. The van der Waals surface area contributed by atoms with Crippen LogP contribution in [0, 0.1) is 9.52 Å². The van der Waals surface area contributed by atoms with Gasteiger partial charge in [0.15, 0.2) is 0 Å². The Morgan fingerprint density at radius 1 is 1.40 bits per heavy atom. The molecule has 0 aliphatic carbocycles. The van der Waals surface area contributed by atoms with Crippen molar-refractivity contribution in [3.05, 3.63) is 50.0 Å². The fourth-order valence-corrected chi connectivity index (χ4v) is 2.11. The minimum atomic E-state index is -0.205. The second-order valence-electron chi connectivity index (χ2n) is 3.07. The summed E-state index contributed by atoms with van der Waals surface area (Å²) in [6.07, 6.45) is 1.84. The van der Waals surface area contributed by atoms with E-state index in [1.807, 2.05) is 12.3 Å². The summed E-state index contributed by atoms with van der Waals surface area (Å²) in [4.78, 5) is 0. The van der Waals surface area contributed by atoms with E-state index in [2.05, 4.69) is 43.6 Å². The van der Waals surface area contributed by atoms with Crippen LogP contribution in [0.15, 0.2) is 34.9 Å². The molecule has 0 unspecified atom stereocenters.